The summed E-state index contributed by atoms with van der Waals surface area (Å²) in [6.45, 7) is 3.02. The van der Waals surface area contributed by atoms with E-state index in [9.17, 15) is 0 Å². The molecule has 0 aromatic heterocycles. The van der Waals surface area contributed by atoms with E-state index in [4.69, 9.17) is 4.74 Å². The molecule has 2 atom stereocenters. The van der Waals surface area contributed by atoms with Crippen LogP contribution in [-0.2, 0) is 0 Å². The van der Waals surface area contributed by atoms with Crippen LogP contribution in [0.15, 0.2) is 24.3 Å². The van der Waals surface area contributed by atoms with Gasteiger partial charge in [0.15, 0.2) is 0 Å². The number of nitrogens with one attached hydrogen (secondary N) is 2. The van der Waals surface area contributed by atoms with E-state index in [1.807, 2.05) is 6.07 Å². The molecule has 1 aromatic rings. The van der Waals surface area contributed by atoms with Crippen molar-refractivity contribution < 1.29 is 4.74 Å². The van der Waals surface area contributed by atoms with Gasteiger partial charge in [-0.3, -0.25) is 0 Å². The SMILES string of the molecule is c1ccc2c(c1)OCC2NC1CCCNC1. The van der Waals surface area contributed by atoms with Gasteiger partial charge in [-0.05, 0) is 25.5 Å². The van der Waals surface area contributed by atoms with Crippen molar-refractivity contribution in [2.24, 2.45) is 0 Å². The maximum Gasteiger partial charge on any atom is 0.124 e. The highest BCUT2D eigenvalue weighted by molar-refractivity contribution is 5.39. The predicted octanol–water partition coefficient (Wildman–Crippen LogP) is 1.46. The Morgan fingerprint density at radius 2 is 2.25 bits per heavy atom. The number of ether oxygens (including phenoxy) is 1. The maximum absolute atomic E-state index is 5.67. The van der Waals surface area contributed by atoms with Crippen LogP contribution >= 0.6 is 0 Å². The fourth-order valence-electron chi connectivity index (χ4n) is 2.58. The summed E-state index contributed by atoms with van der Waals surface area (Å²) < 4.78 is 5.67. The lowest BCUT2D eigenvalue weighted by molar-refractivity contribution is 0.280. The minimum absolute atomic E-state index is 0.376. The van der Waals surface area contributed by atoms with Crippen LogP contribution < -0.4 is 15.4 Å². The summed E-state index contributed by atoms with van der Waals surface area (Å²) in [7, 11) is 0. The topological polar surface area (TPSA) is 33.3 Å². The summed E-state index contributed by atoms with van der Waals surface area (Å²) in [6, 6.07) is 9.30. The van der Waals surface area contributed by atoms with E-state index in [1.165, 1.54) is 18.4 Å². The molecule has 2 N–H and O–H groups in total. The Labute approximate surface area is 96.2 Å². The lowest BCUT2D eigenvalue weighted by atomic mass is 10.0. The van der Waals surface area contributed by atoms with Crippen LogP contribution in [0.4, 0.5) is 0 Å². The number of hydrogen-bond donors (Lipinski definition) is 2. The number of hydrogen-bond acceptors (Lipinski definition) is 3. The van der Waals surface area contributed by atoms with Gasteiger partial charge in [-0.15, -0.1) is 0 Å². The van der Waals surface area contributed by atoms with E-state index >= 15 is 0 Å². The molecule has 0 aliphatic carbocycles. The Balaban J connectivity index is 1.68. The Morgan fingerprint density at radius 3 is 3.12 bits per heavy atom. The highest BCUT2D eigenvalue weighted by Crippen LogP contribution is 2.32. The average molecular weight is 218 g/mol. The fraction of sp³-hybridized carbons (Fsp3) is 0.538. The monoisotopic (exact) mass is 218 g/mol. The van der Waals surface area contributed by atoms with E-state index < -0.39 is 0 Å². The van der Waals surface area contributed by atoms with Gasteiger partial charge in [0.25, 0.3) is 0 Å². The molecule has 16 heavy (non-hydrogen) atoms. The molecule has 2 heterocycles. The lowest BCUT2D eigenvalue weighted by Gasteiger charge is -2.26. The standard InChI is InChI=1S/C13H18N2O/c1-2-6-13-11(5-1)12(9-16-13)15-10-4-3-7-14-8-10/h1-2,5-6,10,12,14-15H,3-4,7-9H2. The first-order valence-electron chi connectivity index (χ1n) is 6.12. The lowest BCUT2D eigenvalue weighted by Crippen LogP contribution is -2.44. The second-order valence-corrected chi connectivity index (χ2v) is 4.61. The molecule has 0 radical (unpaired) electrons. The van der Waals surface area contributed by atoms with E-state index in [-0.39, 0.29) is 0 Å². The molecule has 1 saturated heterocycles. The summed E-state index contributed by atoms with van der Waals surface area (Å²) in [4.78, 5) is 0. The van der Waals surface area contributed by atoms with E-state index in [0.717, 1.165) is 25.4 Å². The molecule has 2 aliphatic rings. The smallest absolute Gasteiger partial charge is 0.124 e. The first-order chi connectivity index (χ1) is 7.93. The Hall–Kier alpha value is -1.06. The number of piperidine rings is 1. The van der Waals surface area contributed by atoms with Crippen molar-refractivity contribution in [2.45, 2.75) is 24.9 Å². The molecule has 0 saturated carbocycles. The first kappa shape index (κ1) is 10.1. The Kier molecular flexibility index (Phi) is 2.80. The molecule has 3 nitrogen and oxygen atoms in total. The molecule has 1 aromatic carbocycles. The van der Waals surface area contributed by atoms with Crippen molar-refractivity contribution in [1.82, 2.24) is 10.6 Å². The van der Waals surface area contributed by atoms with E-state index in [1.54, 1.807) is 0 Å². The zero-order valence-electron chi connectivity index (χ0n) is 9.41. The van der Waals surface area contributed by atoms with Crippen molar-refractivity contribution in [3.63, 3.8) is 0 Å². The molecule has 1 fully saturated rings. The third-order valence-electron chi connectivity index (χ3n) is 3.43. The molecule has 3 heteroatoms. The summed E-state index contributed by atoms with van der Waals surface area (Å²) in [5, 5.41) is 7.12. The molecule has 3 rings (SSSR count). The summed E-state index contributed by atoms with van der Waals surface area (Å²) in [6.07, 6.45) is 2.54. The number of benzene rings is 1. The quantitative estimate of drug-likeness (QED) is 0.788. The van der Waals surface area contributed by atoms with Gasteiger partial charge in [0, 0.05) is 18.2 Å². The number of para-hydroxylation sites is 1. The average Bonchev–Trinajstić information content (AvgIpc) is 2.74. The van der Waals surface area contributed by atoms with E-state index in [2.05, 4.69) is 28.8 Å². The third-order valence-corrected chi connectivity index (χ3v) is 3.43. The van der Waals surface area contributed by atoms with Crippen molar-refractivity contribution in [3.8, 4) is 5.75 Å². The summed E-state index contributed by atoms with van der Waals surface area (Å²) >= 11 is 0. The number of rotatable bonds is 2. The second kappa shape index (κ2) is 4.44. The molecular formula is C13H18N2O. The van der Waals surface area contributed by atoms with Crippen LogP contribution in [0.2, 0.25) is 0 Å². The fourth-order valence-corrected chi connectivity index (χ4v) is 2.58. The molecule has 0 spiro atoms. The van der Waals surface area contributed by atoms with Gasteiger partial charge in [0.1, 0.15) is 12.4 Å². The van der Waals surface area contributed by atoms with Gasteiger partial charge in [-0.2, -0.15) is 0 Å². The van der Waals surface area contributed by atoms with Gasteiger partial charge in [-0.25, -0.2) is 0 Å². The minimum Gasteiger partial charge on any atom is -0.491 e. The molecule has 0 bridgehead atoms. The highest BCUT2D eigenvalue weighted by atomic mass is 16.5. The summed E-state index contributed by atoms with van der Waals surface area (Å²) in [5.74, 6) is 1.05. The van der Waals surface area contributed by atoms with Crippen LogP contribution in [0.25, 0.3) is 0 Å². The molecule has 2 unspecified atom stereocenters. The van der Waals surface area contributed by atoms with E-state index in [0.29, 0.717) is 12.1 Å². The van der Waals surface area contributed by atoms with Crippen LogP contribution in [0.5, 0.6) is 5.75 Å². The van der Waals surface area contributed by atoms with Crippen LogP contribution in [0, 0.1) is 0 Å². The Bertz CT molecular complexity index is 361. The summed E-state index contributed by atoms with van der Waals surface area (Å²) in [5.41, 5.74) is 1.31. The zero-order valence-corrected chi connectivity index (χ0v) is 9.41. The maximum atomic E-state index is 5.67. The van der Waals surface area contributed by atoms with Crippen LogP contribution in [0.1, 0.15) is 24.4 Å². The van der Waals surface area contributed by atoms with Crippen molar-refractivity contribution in [2.75, 3.05) is 19.7 Å². The van der Waals surface area contributed by atoms with Crippen LogP contribution in [0.3, 0.4) is 0 Å². The molecule has 2 aliphatic heterocycles. The normalized spacial score (nSPS) is 28.5. The van der Waals surface area contributed by atoms with Crippen molar-refractivity contribution in [1.29, 1.82) is 0 Å². The van der Waals surface area contributed by atoms with Gasteiger partial charge >= 0.3 is 0 Å². The second-order valence-electron chi connectivity index (χ2n) is 4.61. The highest BCUT2D eigenvalue weighted by Gasteiger charge is 2.26. The van der Waals surface area contributed by atoms with Gasteiger partial charge in [0.05, 0.1) is 6.04 Å². The largest absolute Gasteiger partial charge is 0.491 e. The molecule has 0 amide bonds. The van der Waals surface area contributed by atoms with Gasteiger partial charge in [0.2, 0.25) is 0 Å². The van der Waals surface area contributed by atoms with Gasteiger partial charge in [-0.1, -0.05) is 18.2 Å². The Morgan fingerprint density at radius 1 is 1.31 bits per heavy atom. The third kappa shape index (κ3) is 1.93. The molecular weight excluding hydrogens is 200 g/mol. The first-order valence-corrected chi connectivity index (χ1v) is 6.12. The molecule has 86 valence electrons. The van der Waals surface area contributed by atoms with Crippen molar-refractivity contribution in [3.05, 3.63) is 29.8 Å². The zero-order chi connectivity index (χ0) is 10.8. The van der Waals surface area contributed by atoms with Crippen LogP contribution in [-0.4, -0.2) is 25.7 Å². The number of fused-ring (bicyclic) bond motifs is 1. The van der Waals surface area contributed by atoms with Gasteiger partial charge < -0.3 is 15.4 Å². The minimum atomic E-state index is 0.376. The van der Waals surface area contributed by atoms with Crippen molar-refractivity contribution >= 4 is 0 Å². The predicted molar refractivity (Wildman–Crippen MR) is 63.7 cm³/mol.